The van der Waals surface area contributed by atoms with E-state index in [0.29, 0.717) is 0 Å². The molecule has 0 N–H and O–H groups in total. The van der Waals surface area contributed by atoms with Gasteiger partial charge in [-0.15, -0.1) is 0 Å². The van der Waals surface area contributed by atoms with Crippen LogP contribution in [0.5, 0.6) is 0 Å². The maximum atomic E-state index is 5.25. The van der Waals surface area contributed by atoms with Crippen LogP contribution in [0.4, 0.5) is 22.7 Å². The predicted octanol–water partition coefficient (Wildman–Crippen LogP) is 8.68. The molecule has 0 saturated heterocycles. The molecule has 0 aliphatic carbocycles. The zero-order valence-corrected chi connectivity index (χ0v) is 20.0. The fraction of sp³-hybridized carbons (Fsp3) is 0.111. The molecule has 1 atom stereocenters. The number of rotatable bonds is 2. The average molecular weight is 467 g/mol. The van der Waals surface area contributed by atoms with Gasteiger partial charge in [0.25, 0.3) is 0 Å². The largest absolute Gasteiger partial charge is 0.516 e. The van der Waals surface area contributed by atoms with Gasteiger partial charge in [0, 0.05) is 43.9 Å². The highest BCUT2D eigenvalue weighted by Gasteiger charge is 2.65. The summed E-state index contributed by atoms with van der Waals surface area (Å²) in [5.41, 5.74) is 6.47. The highest BCUT2D eigenvalue weighted by atomic mass is 32.2. The minimum absolute atomic E-state index is 0.663. The summed E-state index contributed by atoms with van der Waals surface area (Å²) in [5.74, 6) is 0. The first kappa shape index (κ1) is 20.4. The zero-order chi connectivity index (χ0) is 22.4. The lowest BCUT2D eigenvalue weighted by Crippen LogP contribution is -2.43. The fourth-order valence-electron chi connectivity index (χ4n) is 4.25. The second-order valence-corrected chi connectivity index (χ2v) is 10.8. The summed E-state index contributed by atoms with van der Waals surface area (Å²) in [6.07, 6.45) is 0. The van der Waals surface area contributed by atoms with Crippen molar-refractivity contribution in [2.24, 2.45) is 10.2 Å². The van der Waals surface area contributed by atoms with Crippen LogP contribution in [-0.2, 0) is 0 Å². The molecule has 0 bridgehead atoms. The van der Waals surface area contributed by atoms with Crippen molar-refractivity contribution >= 4 is 46.3 Å². The summed E-state index contributed by atoms with van der Waals surface area (Å²) in [6.45, 7) is 4.30. The average Bonchev–Trinajstić information content (AvgIpc) is 2.85. The Morgan fingerprint density at radius 1 is 0.636 bits per heavy atom. The number of benzene rings is 4. The van der Waals surface area contributed by atoms with Gasteiger partial charge in [0.1, 0.15) is 11.4 Å². The topological polar surface area (TPSA) is 30.7 Å². The molecule has 0 saturated carbocycles. The highest BCUT2D eigenvalue weighted by Crippen LogP contribution is 2.60. The van der Waals surface area contributed by atoms with Crippen LogP contribution in [0.15, 0.2) is 117 Å². The Morgan fingerprint density at radius 2 is 1.21 bits per heavy atom. The van der Waals surface area contributed by atoms with Gasteiger partial charge in [-0.05, 0) is 43.2 Å². The number of thioether (sulfide) groups is 2. The second kappa shape index (κ2) is 7.97. The van der Waals surface area contributed by atoms with Crippen molar-refractivity contribution in [3.8, 4) is 0 Å². The van der Waals surface area contributed by atoms with Gasteiger partial charge >= 0.3 is 4.33 Å². The molecule has 1 unspecified atom stereocenters. The van der Waals surface area contributed by atoms with Crippen molar-refractivity contribution < 1.29 is 9.39 Å². The Hall–Kier alpha value is -3.22. The molecule has 4 aromatic rings. The van der Waals surface area contributed by atoms with E-state index in [4.69, 9.17) is 10.2 Å². The number of hydrogen-bond donors (Lipinski definition) is 0. The first-order valence-corrected chi connectivity index (χ1v) is 12.5. The molecular weight excluding hydrogens is 444 g/mol. The van der Waals surface area contributed by atoms with E-state index >= 15 is 0 Å². The fourth-order valence-corrected chi connectivity index (χ4v) is 7.20. The normalized spacial score (nSPS) is 18.8. The molecule has 6 rings (SSSR count). The molecule has 4 nitrogen and oxygen atoms in total. The zero-order valence-electron chi connectivity index (χ0n) is 18.3. The van der Waals surface area contributed by atoms with E-state index in [1.807, 2.05) is 30.0 Å². The van der Waals surface area contributed by atoms with Crippen molar-refractivity contribution in [2.75, 3.05) is 0 Å². The Bertz CT molecular complexity index is 1430. The lowest BCUT2D eigenvalue weighted by molar-refractivity contribution is -0.751. The summed E-state index contributed by atoms with van der Waals surface area (Å²) in [4.78, 5) is 2.33. The van der Waals surface area contributed by atoms with Crippen LogP contribution in [0.3, 0.4) is 0 Å². The lowest BCUT2D eigenvalue weighted by atomic mass is 10.1. The molecule has 0 amide bonds. The van der Waals surface area contributed by atoms with Crippen molar-refractivity contribution in [1.82, 2.24) is 0 Å². The molecule has 160 valence electrons. The number of aryl methyl sites for hydroxylation is 2. The number of fused-ring (bicyclic) bond motifs is 2. The molecule has 6 heteroatoms. The van der Waals surface area contributed by atoms with Gasteiger partial charge in [-0.25, -0.2) is 0 Å². The minimum atomic E-state index is -0.663. The van der Waals surface area contributed by atoms with Crippen LogP contribution in [0.2, 0.25) is 0 Å². The van der Waals surface area contributed by atoms with Gasteiger partial charge < -0.3 is 0 Å². The van der Waals surface area contributed by atoms with Gasteiger partial charge in [-0.1, -0.05) is 54.6 Å². The van der Waals surface area contributed by atoms with Gasteiger partial charge in [-0.3, -0.25) is 0 Å². The van der Waals surface area contributed by atoms with Gasteiger partial charge in [0.2, 0.25) is 11.4 Å². The van der Waals surface area contributed by atoms with Crippen molar-refractivity contribution in [2.45, 2.75) is 28.0 Å². The first-order chi connectivity index (χ1) is 16.1. The van der Waals surface area contributed by atoms with E-state index in [-0.39, 0.29) is 0 Å². The molecule has 4 aromatic carbocycles. The molecule has 33 heavy (non-hydrogen) atoms. The lowest BCUT2D eigenvalue weighted by Gasteiger charge is -2.28. The van der Waals surface area contributed by atoms with E-state index in [1.165, 1.54) is 16.0 Å². The van der Waals surface area contributed by atoms with E-state index < -0.39 is 4.33 Å². The number of azo groups is 4. The molecule has 0 fully saturated rings. The third-order valence-corrected chi connectivity index (χ3v) is 8.72. The summed E-state index contributed by atoms with van der Waals surface area (Å²) in [5, 5.41) is 10.4. The standard InChI is InChI=1S/C27H22N4S2/c1-19-17-20(2)26-24(18-19)29-31(22-13-7-4-8-14-22)27(33-26)30(21-11-5-3-6-12-21)28-23-15-9-10-16-25(23)32-27/h3-18H,1-2H3/q+2. The van der Waals surface area contributed by atoms with Crippen LogP contribution in [0.1, 0.15) is 11.1 Å². The molecule has 0 aromatic heterocycles. The molecular formula is C27H22N4S2+2. The third-order valence-electron chi connectivity index (χ3n) is 5.69. The van der Waals surface area contributed by atoms with Gasteiger partial charge in [0.15, 0.2) is 0 Å². The smallest absolute Gasteiger partial charge is 0.0618 e. The Kier molecular flexibility index (Phi) is 4.93. The second-order valence-electron chi connectivity index (χ2n) is 8.15. The highest BCUT2D eigenvalue weighted by molar-refractivity contribution is 8.17. The van der Waals surface area contributed by atoms with Crippen molar-refractivity contribution in [1.29, 1.82) is 0 Å². The van der Waals surface area contributed by atoms with Crippen LogP contribution in [-0.4, -0.2) is 13.7 Å². The maximum absolute atomic E-state index is 5.25. The first-order valence-electron chi connectivity index (χ1n) is 10.9. The summed E-state index contributed by atoms with van der Waals surface area (Å²) in [6, 6.07) is 33.5. The van der Waals surface area contributed by atoms with E-state index in [2.05, 4.69) is 102 Å². The minimum Gasteiger partial charge on any atom is -0.0618 e. The van der Waals surface area contributed by atoms with Crippen molar-refractivity contribution in [3.05, 3.63) is 108 Å². The van der Waals surface area contributed by atoms with Crippen LogP contribution < -0.4 is 0 Å². The van der Waals surface area contributed by atoms with Crippen LogP contribution in [0, 0.1) is 13.8 Å². The monoisotopic (exact) mass is 466 g/mol. The van der Waals surface area contributed by atoms with E-state index in [1.54, 1.807) is 11.8 Å². The summed E-state index contributed by atoms with van der Waals surface area (Å²) >= 11 is 3.60. The number of hydrogen-bond acceptors (Lipinski definition) is 4. The molecule has 0 radical (unpaired) electrons. The van der Waals surface area contributed by atoms with Crippen molar-refractivity contribution in [3.63, 3.8) is 0 Å². The summed E-state index contributed by atoms with van der Waals surface area (Å²) in [7, 11) is 0. The van der Waals surface area contributed by atoms with Crippen LogP contribution in [0.25, 0.3) is 0 Å². The Labute approximate surface area is 201 Å². The van der Waals surface area contributed by atoms with Gasteiger partial charge in [0.05, 0.1) is 33.3 Å². The van der Waals surface area contributed by atoms with E-state index in [9.17, 15) is 0 Å². The van der Waals surface area contributed by atoms with Crippen LogP contribution >= 0.6 is 23.5 Å². The maximum Gasteiger partial charge on any atom is 0.516 e. The quantitative estimate of drug-likeness (QED) is 0.277. The SMILES string of the molecule is Cc1cc(C)c2c(c1)N=[N+](c1ccccc1)C1(Sc3ccccc3N=[N+]1c1ccccc1)S2. The summed E-state index contributed by atoms with van der Waals surface area (Å²) < 4.78 is 3.60. The molecule has 1 spiro atoms. The number of nitrogens with zero attached hydrogens (tertiary/aromatic N) is 4. The third kappa shape index (κ3) is 3.41. The predicted molar refractivity (Wildman–Crippen MR) is 134 cm³/mol. The number of para-hydroxylation sites is 2. The Morgan fingerprint density at radius 3 is 1.88 bits per heavy atom. The Balaban J connectivity index is 1.68. The van der Waals surface area contributed by atoms with E-state index in [0.717, 1.165) is 27.6 Å². The van der Waals surface area contributed by atoms with Gasteiger partial charge in [-0.2, -0.15) is 0 Å². The molecule has 2 aliphatic rings. The molecule has 2 heterocycles. The molecule has 2 aliphatic heterocycles.